The highest BCUT2D eigenvalue weighted by molar-refractivity contribution is 6.34. The minimum Gasteiger partial charge on any atom is -0.351 e. The number of urea groups is 1. The van der Waals surface area contributed by atoms with Crippen molar-refractivity contribution in [2.75, 3.05) is 5.32 Å². The first-order valence-corrected chi connectivity index (χ1v) is 14.8. The second-order valence-corrected chi connectivity index (χ2v) is 12.0. The van der Waals surface area contributed by atoms with E-state index in [4.69, 9.17) is 22.4 Å². The number of halogens is 5. The summed E-state index contributed by atoms with van der Waals surface area (Å²) in [5, 5.41) is 7.60. The summed E-state index contributed by atoms with van der Waals surface area (Å²) < 4.78 is 57.8. The minimum atomic E-state index is -4.43. The molecule has 0 atom stereocenters. The number of amides is 2. The largest absolute Gasteiger partial charge is 0.416 e. The van der Waals surface area contributed by atoms with Gasteiger partial charge in [-0.1, -0.05) is 49.7 Å². The summed E-state index contributed by atoms with van der Waals surface area (Å²) in [7, 11) is 0. The van der Waals surface area contributed by atoms with E-state index in [2.05, 4.69) is 24.1 Å². The fraction of sp³-hybridized carbons (Fsp3) is 0.333. The number of hydrogen-bond donors (Lipinski definition) is 2. The summed E-state index contributed by atoms with van der Waals surface area (Å²) in [5.74, 6) is -0.621. The normalized spacial score (nSPS) is 14.6. The summed E-state index contributed by atoms with van der Waals surface area (Å²) in [4.78, 5) is 13.6. The maximum atomic E-state index is 16.0. The number of alkyl halides is 3. The second kappa shape index (κ2) is 11.6. The van der Waals surface area contributed by atoms with Gasteiger partial charge in [-0.25, -0.2) is 13.9 Å². The molecule has 5 rings (SSSR count). The molecule has 11 heteroatoms. The number of carbonyl (C=O) groups excluding carboxylic acids is 1. The van der Waals surface area contributed by atoms with Crippen LogP contribution < -0.4 is 11.1 Å². The lowest BCUT2D eigenvalue weighted by molar-refractivity contribution is -0.137. The smallest absolute Gasteiger partial charge is 0.351 e. The molecular weight excluding hydrogens is 594 g/mol. The Morgan fingerprint density at radius 3 is 2.30 bits per heavy atom. The van der Waals surface area contributed by atoms with Crippen molar-refractivity contribution in [1.29, 1.82) is 0 Å². The monoisotopic (exact) mass is 627 g/mol. The van der Waals surface area contributed by atoms with Gasteiger partial charge in [-0.2, -0.15) is 18.3 Å². The zero-order chi connectivity index (χ0) is 32.1. The molecule has 3 N–H and O–H groups in total. The third-order valence-electron chi connectivity index (χ3n) is 8.48. The van der Waals surface area contributed by atoms with Gasteiger partial charge in [-0.05, 0) is 80.1 Å². The summed E-state index contributed by atoms with van der Waals surface area (Å²) in [5.41, 5.74) is 10.5. The molecule has 2 heterocycles. The van der Waals surface area contributed by atoms with Gasteiger partial charge in [-0.3, -0.25) is 4.90 Å². The third kappa shape index (κ3) is 5.57. The number of rotatable bonds is 7. The van der Waals surface area contributed by atoms with Crippen molar-refractivity contribution >= 4 is 23.3 Å². The SMILES string of the molecule is CCc1cccc(CC)c1-n1nc2c(c1-c1cc(Cl)c(NC(N)=O)cc1F)CN(Cc1ccc(C(F)(F)F)cc1C)C2(C)C. The lowest BCUT2D eigenvalue weighted by Gasteiger charge is -2.32. The van der Waals surface area contributed by atoms with Crippen LogP contribution in [0.15, 0.2) is 48.5 Å². The van der Waals surface area contributed by atoms with Gasteiger partial charge in [0.25, 0.3) is 0 Å². The number of primary amides is 1. The Hall–Kier alpha value is -3.89. The number of aryl methyl sites for hydroxylation is 3. The fourth-order valence-electron chi connectivity index (χ4n) is 6.02. The van der Waals surface area contributed by atoms with Crippen molar-refractivity contribution in [2.24, 2.45) is 5.73 Å². The van der Waals surface area contributed by atoms with Crippen molar-refractivity contribution < 1.29 is 22.4 Å². The number of nitrogens with zero attached hydrogens (tertiary/aromatic N) is 3. The van der Waals surface area contributed by atoms with Gasteiger partial charge in [0, 0.05) is 24.2 Å². The van der Waals surface area contributed by atoms with Crippen LogP contribution in [-0.4, -0.2) is 20.7 Å². The summed E-state index contributed by atoms with van der Waals surface area (Å²) >= 11 is 6.53. The number of nitrogens with one attached hydrogen (secondary N) is 1. The van der Waals surface area contributed by atoms with Crippen LogP contribution in [0.2, 0.25) is 5.02 Å². The molecule has 0 radical (unpaired) electrons. The van der Waals surface area contributed by atoms with Crippen LogP contribution in [0.1, 0.15) is 66.8 Å². The van der Waals surface area contributed by atoms with Crippen LogP contribution in [-0.2, 0) is 37.6 Å². The predicted molar refractivity (Wildman–Crippen MR) is 164 cm³/mol. The number of carbonyl (C=O) groups is 1. The maximum Gasteiger partial charge on any atom is 0.416 e. The Balaban J connectivity index is 1.69. The molecule has 1 aromatic heterocycles. The van der Waals surface area contributed by atoms with Gasteiger partial charge in [-0.15, -0.1) is 0 Å². The van der Waals surface area contributed by atoms with Crippen LogP contribution in [0.3, 0.4) is 0 Å². The van der Waals surface area contributed by atoms with Gasteiger partial charge >= 0.3 is 12.2 Å². The molecule has 0 spiro atoms. The second-order valence-electron chi connectivity index (χ2n) is 11.6. The first-order valence-electron chi connectivity index (χ1n) is 14.4. The molecular formula is C33H34ClF4N5O. The summed E-state index contributed by atoms with van der Waals surface area (Å²) in [6.07, 6.45) is -2.98. The number of benzene rings is 3. The van der Waals surface area contributed by atoms with Crippen molar-refractivity contribution in [3.63, 3.8) is 0 Å². The van der Waals surface area contributed by atoms with Crippen molar-refractivity contribution in [3.8, 4) is 16.9 Å². The zero-order valence-electron chi connectivity index (χ0n) is 25.2. The van der Waals surface area contributed by atoms with E-state index in [0.717, 1.165) is 64.7 Å². The van der Waals surface area contributed by atoms with Crippen molar-refractivity contribution in [2.45, 2.75) is 72.3 Å². The van der Waals surface area contributed by atoms with E-state index in [1.165, 1.54) is 12.1 Å². The standard InChI is InChI=1S/C33H34ClF4N5O/c1-6-19-9-8-10-20(7-2)28(19)43-29(23-14-25(34)27(15-26(23)35)40-31(39)44)24-17-42(32(4,5)30(24)41-43)16-21-11-12-22(13-18(21)3)33(36,37)38/h8-15H,6-7,16-17H2,1-5H3,(H3,39,40,44). The van der Waals surface area contributed by atoms with Gasteiger partial charge in [0.05, 0.1) is 38.9 Å². The molecule has 2 amide bonds. The first kappa shape index (κ1) is 31.5. The fourth-order valence-corrected chi connectivity index (χ4v) is 6.23. The number of anilines is 1. The molecule has 4 aromatic rings. The Morgan fingerprint density at radius 1 is 1.07 bits per heavy atom. The van der Waals surface area contributed by atoms with Crippen molar-refractivity contribution in [1.82, 2.24) is 14.7 Å². The first-order chi connectivity index (χ1) is 20.7. The van der Waals surface area contributed by atoms with E-state index in [1.807, 2.05) is 32.0 Å². The predicted octanol–water partition coefficient (Wildman–Crippen LogP) is 8.53. The molecule has 0 saturated carbocycles. The molecule has 0 bridgehead atoms. The number of nitrogens with two attached hydrogens (primary N) is 1. The highest BCUT2D eigenvalue weighted by Crippen LogP contribution is 2.46. The number of hydrogen-bond acceptors (Lipinski definition) is 3. The van der Waals surface area contributed by atoms with Crippen LogP contribution in [0, 0.1) is 12.7 Å². The number of fused-ring (bicyclic) bond motifs is 1. The third-order valence-corrected chi connectivity index (χ3v) is 8.79. The molecule has 232 valence electrons. The van der Waals surface area contributed by atoms with E-state index in [1.54, 1.807) is 11.6 Å². The summed E-state index contributed by atoms with van der Waals surface area (Å²) in [6, 6.07) is 11.6. The lowest BCUT2D eigenvalue weighted by Crippen LogP contribution is -2.36. The molecule has 6 nitrogen and oxygen atoms in total. The molecule has 0 unspecified atom stereocenters. The molecule has 3 aromatic carbocycles. The highest BCUT2D eigenvalue weighted by Gasteiger charge is 2.44. The average molecular weight is 628 g/mol. The molecule has 44 heavy (non-hydrogen) atoms. The quantitative estimate of drug-likeness (QED) is 0.202. The highest BCUT2D eigenvalue weighted by atomic mass is 35.5. The number of aromatic nitrogens is 2. The molecule has 0 saturated heterocycles. The van der Waals surface area contributed by atoms with E-state index >= 15 is 4.39 Å². The lowest BCUT2D eigenvalue weighted by atomic mass is 9.97. The maximum absolute atomic E-state index is 16.0. The van der Waals surface area contributed by atoms with Gasteiger partial charge in [0.15, 0.2) is 0 Å². The van der Waals surface area contributed by atoms with E-state index in [0.29, 0.717) is 24.3 Å². The van der Waals surface area contributed by atoms with Gasteiger partial charge in [0.1, 0.15) is 5.82 Å². The number of para-hydroxylation sites is 1. The van der Waals surface area contributed by atoms with Crippen LogP contribution in [0.5, 0.6) is 0 Å². The zero-order valence-corrected chi connectivity index (χ0v) is 25.9. The van der Waals surface area contributed by atoms with Crippen LogP contribution in [0.4, 0.5) is 28.0 Å². The minimum absolute atomic E-state index is 0.0473. The molecule has 0 fully saturated rings. The Kier molecular flexibility index (Phi) is 8.28. The average Bonchev–Trinajstić information content (AvgIpc) is 3.43. The molecule has 1 aliphatic rings. The van der Waals surface area contributed by atoms with E-state index < -0.39 is 29.1 Å². The molecule has 0 aliphatic carbocycles. The van der Waals surface area contributed by atoms with E-state index in [9.17, 15) is 18.0 Å². The Labute approximate surface area is 258 Å². The Bertz CT molecular complexity index is 1740. The molecule has 1 aliphatic heterocycles. The van der Waals surface area contributed by atoms with Gasteiger partial charge in [0.2, 0.25) is 0 Å². The summed E-state index contributed by atoms with van der Waals surface area (Å²) in [6.45, 7) is 10.5. The van der Waals surface area contributed by atoms with Crippen LogP contribution in [0.25, 0.3) is 16.9 Å². The van der Waals surface area contributed by atoms with Gasteiger partial charge < -0.3 is 11.1 Å². The van der Waals surface area contributed by atoms with Crippen molar-refractivity contribution in [3.05, 3.63) is 98.4 Å². The van der Waals surface area contributed by atoms with Crippen LogP contribution >= 0.6 is 11.6 Å². The Morgan fingerprint density at radius 2 is 1.73 bits per heavy atom. The van der Waals surface area contributed by atoms with E-state index in [-0.39, 0.29) is 16.3 Å². The topological polar surface area (TPSA) is 76.2 Å².